The first kappa shape index (κ1) is 16.9. The molecule has 0 saturated heterocycles. The third-order valence-corrected chi connectivity index (χ3v) is 6.52. The normalized spacial score (nSPS) is 13.4. The van der Waals surface area contributed by atoms with Crippen molar-refractivity contribution in [3.63, 3.8) is 0 Å². The summed E-state index contributed by atoms with van der Waals surface area (Å²) in [6.45, 7) is 2.40. The van der Waals surface area contributed by atoms with E-state index in [1.54, 1.807) is 0 Å². The number of nitrogens with two attached hydrogens (primary N) is 1. The molecular formula is C11H17FN2O4S2. The molecule has 0 saturated carbocycles. The molecule has 0 fully saturated rings. The van der Waals surface area contributed by atoms with Gasteiger partial charge < -0.3 is 5.73 Å². The van der Waals surface area contributed by atoms with E-state index in [4.69, 9.17) is 5.73 Å². The van der Waals surface area contributed by atoms with Gasteiger partial charge in [-0.15, -0.1) is 0 Å². The van der Waals surface area contributed by atoms with Gasteiger partial charge in [-0.25, -0.2) is 25.9 Å². The second-order valence-electron chi connectivity index (χ2n) is 5.05. The van der Waals surface area contributed by atoms with Crippen molar-refractivity contribution in [2.24, 2.45) is 0 Å². The molecule has 0 radical (unpaired) electrons. The van der Waals surface area contributed by atoms with E-state index < -0.39 is 35.3 Å². The predicted molar refractivity (Wildman–Crippen MR) is 74.9 cm³/mol. The van der Waals surface area contributed by atoms with Gasteiger partial charge in [0.15, 0.2) is 9.84 Å². The third kappa shape index (κ3) is 3.68. The van der Waals surface area contributed by atoms with E-state index in [9.17, 15) is 21.2 Å². The lowest BCUT2D eigenvalue weighted by Crippen LogP contribution is -2.43. The van der Waals surface area contributed by atoms with E-state index >= 15 is 0 Å². The van der Waals surface area contributed by atoms with E-state index in [1.807, 2.05) is 0 Å². The van der Waals surface area contributed by atoms with Gasteiger partial charge in [-0.3, -0.25) is 0 Å². The number of nitrogen functional groups attached to an aromatic ring is 1. The summed E-state index contributed by atoms with van der Waals surface area (Å²) in [7, 11) is -7.61. The van der Waals surface area contributed by atoms with Crippen molar-refractivity contribution in [3.05, 3.63) is 24.0 Å². The van der Waals surface area contributed by atoms with Gasteiger partial charge in [-0.05, 0) is 32.0 Å². The quantitative estimate of drug-likeness (QED) is 0.768. The minimum absolute atomic E-state index is 0.0953. The highest BCUT2D eigenvalue weighted by molar-refractivity contribution is 7.92. The second kappa shape index (κ2) is 5.30. The summed E-state index contributed by atoms with van der Waals surface area (Å²) in [6.07, 6.45) is 1.01. The maximum Gasteiger partial charge on any atom is 0.243 e. The lowest BCUT2D eigenvalue weighted by molar-refractivity contribution is 0.531. The standard InChI is InChI=1S/C11H17FN2O4S2/c1-11(2,19(3,15)16)7-14-20(17,18)10-5-4-8(13)6-9(10)12/h4-6,14H,7,13H2,1-3H3. The van der Waals surface area contributed by atoms with Crippen molar-refractivity contribution in [1.82, 2.24) is 4.72 Å². The van der Waals surface area contributed by atoms with Crippen LogP contribution in [0, 0.1) is 5.82 Å². The van der Waals surface area contributed by atoms with Crippen LogP contribution in [-0.4, -0.2) is 34.4 Å². The highest BCUT2D eigenvalue weighted by atomic mass is 32.2. The maximum atomic E-state index is 13.6. The van der Waals surface area contributed by atoms with Crippen molar-refractivity contribution >= 4 is 25.5 Å². The fourth-order valence-electron chi connectivity index (χ4n) is 1.21. The van der Waals surface area contributed by atoms with Crippen LogP contribution < -0.4 is 10.5 Å². The van der Waals surface area contributed by atoms with Crippen LogP contribution in [0.3, 0.4) is 0 Å². The number of benzene rings is 1. The van der Waals surface area contributed by atoms with E-state index in [0.717, 1.165) is 18.4 Å². The zero-order chi connectivity index (χ0) is 15.8. The topological polar surface area (TPSA) is 106 Å². The van der Waals surface area contributed by atoms with E-state index in [1.165, 1.54) is 19.9 Å². The fraction of sp³-hybridized carbons (Fsp3) is 0.455. The number of sulfonamides is 1. The molecule has 0 unspecified atom stereocenters. The first-order valence-electron chi connectivity index (χ1n) is 5.61. The van der Waals surface area contributed by atoms with E-state index in [0.29, 0.717) is 0 Å². The highest BCUT2D eigenvalue weighted by Gasteiger charge is 2.32. The summed E-state index contributed by atoms with van der Waals surface area (Å²) in [5, 5.41) is 0. The molecule has 6 nitrogen and oxygen atoms in total. The molecule has 0 heterocycles. The molecule has 0 aliphatic carbocycles. The van der Waals surface area contributed by atoms with Gasteiger partial charge >= 0.3 is 0 Å². The number of anilines is 1. The van der Waals surface area contributed by atoms with Crippen molar-refractivity contribution < 1.29 is 21.2 Å². The average Bonchev–Trinajstić information content (AvgIpc) is 2.24. The molecule has 1 aromatic carbocycles. The number of halogens is 1. The van der Waals surface area contributed by atoms with Crippen LogP contribution in [0.25, 0.3) is 0 Å². The Kier molecular flexibility index (Phi) is 4.47. The van der Waals surface area contributed by atoms with Crippen LogP contribution in [0.4, 0.5) is 10.1 Å². The van der Waals surface area contributed by atoms with E-state index in [-0.39, 0.29) is 12.2 Å². The number of rotatable bonds is 5. The van der Waals surface area contributed by atoms with Crippen molar-refractivity contribution in [2.75, 3.05) is 18.5 Å². The van der Waals surface area contributed by atoms with Crippen LogP contribution in [0.1, 0.15) is 13.8 Å². The monoisotopic (exact) mass is 324 g/mol. The molecule has 0 bridgehead atoms. The van der Waals surface area contributed by atoms with E-state index in [2.05, 4.69) is 4.72 Å². The zero-order valence-electron chi connectivity index (χ0n) is 11.3. The molecule has 0 spiro atoms. The molecule has 114 valence electrons. The van der Waals surface area contributed by atoms with Crippen molar-refractivity contribution in [2.45, 2.75) is 23.5 Å². The molecule has 1 aromatic rings. The number of hydrogen-bond donors (Lipinski definition) is 2. The molecular weight excluding hydrogens is 307 g/mol. The second-order valence-corrected chi connectivity index (χ2v) is 9.43. The molecule has 0 amide bonds. The maximum absolute atomic E-state index is 13.6. The van der Waals surface area contributed by atoms with Crippen LogP contribution in [0.2, 0.25) is 0 Å². The minimum Gasteiger partial charge on any atom is -0.399 e. The van der Waals surface area contributed by atoms with Gasteiger partial charge in [-0.2, -0.15) is 0 Å². The first-order chi connectivity index (χ1) is 8.87. The number of hydrogen-bond acceptors (Lipinski definition) is 5. The summed E-state index contributed by atoms with van der Waals surface area (Å²) in [4.78, 5) is -0.573. The van der Waals surface area contributed by atoms with Gasteiger partial charge in [0, 0.05) is 18.5 Å². The summed E-state index contributed by atoms with van der Waals surface area (Å²) in [5.74, 6) is -0.991. The summed E-state index contributed by atoms with van der Waals surface area (Å²) >= 11 is 0. The molecule has 0 aromatic heterocycles. The zero-order valence-corrected chi connectivity index (χ0v) is 13.0. The van der Waals surface area contributed by atoms with Crippen molar-refractivity contribution in [3.8, 4) is 0 Å². The van der Waals surface area contributed by atoms with Crippen molar-refractivity contribution in [1.29, 1.82) is 0 Å². The summed E-state index contributed by atoms with van der Waals surface area (Å²) < 4.78 is 61.3. The molecule has 1 rings (SSSR count). The molecule has 0 atom stereocenters. The SMILES string of the molecule is CC(C)(CNS(=O)(=O)c1ccc(N)cc1F)S(C)(=O)=O. The first-order valence-corrected chi connectivity index (χ1v) is 8.98. The lowest BCUT2D eigenvalue weighted by atomic mass is 10.2. The Hall–Kier alpha value is -1.19. The molecule has 20 heavy (non-hydrogen) atoms. The molecule has 3 N–H and O–H groups in total. The lowest BCUT2D eigenvalue weighted by Gasteiger charge is -2.22. The fourth-order valence-corrected chi connectivity index (χ4v) is 2.91. The van der Waals surface area contributed by atoms with Gasteiger partial charge in [0.25, 0.3) is 0 Å². The number of sulfone groups is 1. The molecule has 9 heteroatoms. The Morgan fingerprint density at radius 1 is 1.25 bits per heavy atom. The summed E-state index contributed by atoms with van der Waals surface area (Å²) in [6, 6.07) is 3.16. The Morgan fingerprint density at radius 3 is 2.25 bits per heavy atom. The van der Waals surface area contributed by atoms with Gasteiger partial charge in [0.1, 0.15) is 10.7 Å². The largest absolute Gasteiger partial charge is 0.399 e. The Balaban J connectivity index is 3.03. The molecule has 0 aliphatic rings. The van der Waals surface area contributed by atoms with Crippen LogP contribution >= 0.6 is 0 Å². The third-order valence-electron chi connectivity index (χ3n) is 2.94. The van der Waals surface area contributed by atoms with Crippen LogP contribution in [0.5, 0.6) is 0 Å². The predicted octanol–water partition coefficient (Wildman–Crippen LogP) is 0.509. The number of nitrogens with one attached hydrogen (secondary N) is 1. The van der Waals surface area contributed by atoms with Crippen LogP contribution in [-0.2, 0) is 19.9 Å². The van der Waals surface area contributed by atoms with Gasteiger partial charge in [0.2, 0.25) is 10.0 Å². The van der Waals surface area contributed by atoms with Gasteiger partial charge in [0.05, 0.1) is 4.75 Å². The Morgan fingerprint density at radius 2 is 1.80 bits per heavy atom. The minimum atomic E-state index is -4.15. The van der Waals surface area contributed by atoms with Crippen LogP contribution in [0.15, 0.2) is 23.1 Å². The smallest absolute Gasteiger partial charge is 0.243 e. The highest BCUT2D eigenvalue weighted by Crippen LogP contribution is 2.19. The molecule has 0 aliphatic heterocycles. The average molecular weight is 324 g/mol. The van der Waals surface area contributed by atoms with Gasteiger partial charge in [-0.1, -0.05) is 0 Å². The summed E-state index contributed by atoms with van der Waals surface area (Å²) in [5.41, 5.74) is 5.43. The Labute approximate surface area is 118 Å². The Bertz CT molecular complexity index is 712.